The fourth-order valence-corrected chi connectivity index (χ4v) is 6.77. The molecule has 1 aromatic carbocycles. The number of carbonyl (C=O) groups is 3. The van der Waals surface area contributed by atoms with E-state index in [1.807, 2.05) is 12.1 Å². The lowest BCUT2D eigenvalue weighted by atomic mass is 10.0. The maximum absolute atomic E-state index is 13.0. The number of nitrogens with one attached hydrogen (secondary N) is 3. The summed E-state index contributed by atoms with van der Waals surface area (Å²) in [5.74, 6) is -1.39. The Morgan fingerprint density at radius 1 is 1.12 bits per heavy atom. The SMILES string of the molecule is O=C(CCCCc1ccc2c(n1)NCCC2)NCC(NC(=O)C1CN(S(=O)(=O)c2cccc(C3CC3)c2)C1)C(=O)O. The molecule has 2 amide bonds. The first-order valence-electron chi connectivity index (χ1n) is 14.3. The number of aliphatic carboxylic acids is 1. The fourth-order valence-electron chi connectivity index (χ4n) is 5.19. The molecule has 220 valence electrons. The van der Waals surface area contributed by atoms with Crippen LogP contribution in [0.3, 0.4) is 0 Å². The molecule has 0 spiro atoms. The van der Waals surface area contributed by atoms with Gasteiger partial charge in [0.05, 0.1) is 10.8 Å². The Bertz CT molecular complexity index is 1400. The highest BCUT2D eigenvalue weighted by atomic mass is 32.2. The molecule has 1 atom stereocenters. The number of aryl methyl sites for hydroxylation is 2. The molecule has 2 aliphatic heterocycles. The van der Waals surface area contributed by atoms with Crippen molar-refractivity contribution >= 4 is 33.6 Å². The predicted molar refractivity (Wildman–Crippen MR) is 152 cm³/mol. The number of carbonyl (C=O) groups excluding carboxylic acids is 2. The number of carboxylic acid groups (broad SMARTS) is 1. The van der Waals surface area contributed by atoms with Crippen LogP contribution >= 0.6 is 0 Å². The molecule has 3 aliphatic rings. The summed E-state index contributed by atoms with van der Waals surface area (Å²) in [6.07, 6.45) is 6.63. The van der Waals surface area contributed by atoms with Gasteiger partial charge in [-0.3, -0.25) is 9.59 Å². The van der Waals surface area contributed by atoms with E-state index in [9.17, 15) is 27.9 Å². The van der Waals surface area contributed by atoms with Gasteiger partial charge in [-0.2, -0.15) is 4.31 Å². The first-order valence-corrected chi connectivity index (χ1v) is 15.8. The highest BCUT2D eigenvalue weighted by Crippen LogP contribution is 2.41. The van der Waals surface area contributed by atoms with E-state index in [4.69, 9.17) is 0 Å². The van der Waals surface area contributed by atoms with Gasteiger partial charge in [0.1, 0.15) is 11.9 Å². The summed E-state index contributed by atoms with van der Waals surface area (Å²) >= 11 is 0. The molecule has 1 saturated carbocycles. The largest absolute Gasteiger partial charge is 0.480 e. The second-order valence-corrected chi connectivity index (χ2v) is 13.1. The minimum absolute atomic E-state index is 0.0182. The molecule has 0 bridgehead atoms. The van der Waals surface area contributed by atoms with Crippen molar-refractivity contribution in [2.75, 3.05) is 31.5 Å². The topological polar surface area (TPSA) is 158 Å². The predicted octanol–water partition coefficient (Wildman–Crippen LogP) is 2.04. The zero-order valence-electron chi connectivity index (χ0n) is 23.0. The van der Waals surface area contributed by atoms with Crippen LogP contribution in [0.25, 0.3) is 0 Å². The van der Waals surface area contributed by atoms with Gasteiger partial charge in [0.25, 0.3) is 0 Å². The molecule has 0 radical (unpaired) electrons. The van der Waals surface area contributed by atoms with Gasteiger partial charge in [0.2, 0.25) is 21.8 Å². The quantitative estimate of drug-likeness (QED) is 0.261. The molecule has 12 heteroatoms. The number of amides is 2. The van der Waals surface area contributed by atoms with Crippen LogP contribution < -0.4 is 16.0 Å². The highest BCUT2D eigenvalue weighted by molar-refractivity contribution is 7.89. The van der Waals surface area contributed by atoms with E-state index in [-0.39, 0.29) is 36.9 Å². The van der Waals surface area contributed by atoms with Gasteiger partial charge < -0.3 is 21.1 Å². The summed E-state index contributed by atoms with van der Waals surface area (Å²) in [4.78, 5) is 41.5. The molecule has 1 unspecified atom stereocenters. The summed E-state index contributed by atoms with van der Waals surface area (Å²) in [6.45, 7) is 0.643. The lowest BCUT2D eigenvalue weighted by Gasteiger charge is -2.37. The summed E-state index contributed by atoms with van der Waals surface area (Å²) in [5.41, 5.74) is 3.21. The number of aromatic nitrogens is 1. The van der Waals surface area contributed by atoms with Crippen molar-refractivity contribution in [2.24, 2.45) is 5.92 Å². The van der Waals surface area contributed by atoms with Crippen LogP contribution in [-0.4, -0.2) is 72.8 Å². The number of carboxylic acids is 1. The molecule has 1 aromatic heterocycles. The molecular formula is C29H37N5O6S. The number of sulfonamides is 1. The van der Waals surface area contributed by atoms with E-state index in [0.717, 1.165) is 62.1 Å². The average Bonchev–Trinajstić information content (AvgIpc) is 3.78. The lowest BCUT2D eigenvalue weighted by Crippen LogP contribution is -2.58. The van der Waals surface area contributed by atoms with Gasteiger partial charge in [0, 0.05) is 38.3 Å². The third-order valence-corrected chi connectivity index (χ3v) is 9.75. The number of hydrogen-bond acceptors (Lipinski definition) is 7. The maximum atomic E-state index is 13.0. The Hall–Kier alpha value is -3.51. The van der Waals surface area contributed by atoms with Gasteiger partial charge in [-0.15, -0.1) is 0 Å². The van der Waals surface area contributed by atoms with Crippen LogP contribution in [0.15, 0.2) is 41.3 Å². The Kier molecular flexibility index (Phi) is 8.88. The fraction of sp³-hybridized carbons (Fsp3) is 0.517. The summed E-state index contributed by atoms with van der Waals surface area (Å²) in [7, 11) is -3.72. The molecule has 2 aromatic rings. The van der Waals surface area contributed by atoms with Crippen molar-refractivity contribution in [1.82, 2.24) is 19.9 Å². The van der Waals surface area contributed by atoms with Gasteiger partial charge in [-0.1, -0.05) is 18.2 Å². The van der Waals surface area contributed by atoms with E-state index < -0.39 is 33.9 Å². The molecule has 2 fully saturated rings. The number of hydrogen-bond donors (Lipinski definition) is 4. The smallest absolute Gasteiger partial charge is 0.328 e. The molecule has 5 rings (SSSR count). The number of anilines is 1. The van der Waals surface area contributed by atoms with E-state index in [2.05, 4.69) is 27.0 Å². The van der Waals surface area contributed by atoms with E-state index in [1.54, 1.807) is 18.2 Å². The van der Waals surface area contributed by atoms with E-state index in [0.29, 0.717) is 12.3 Å². The molecule has 41 heavy (non-hydrogen) atoms. The standard InChI is InChI=1S/C29H37N5O6S/c35-26(9-2-1-7-23-13-12-20-6-4-14-30-27(20)32-23)31-16-25(29(37)38)33-28(36)22-17-34(18-22)41(39,40)24-8-3-5-21(15-24)19-10-11-19/h3,5,8,12-13,15,19,22,25H,1-2,4,6-7,9-11,14,16-18H2,(H,30,32)(H,31,35)(H,33,36)(H,37,38). The van der Waals surface area contributed by atoms with E-state index >= 15 is 0 Å². The van der Waals surface area contributed by atoms with Crippen molar-refractivity contribution in [2.45, 2.75) is 68.2 Å². The number of pyridine rings is 1. The van der Waals surface area contributed by atoms with Crippen LogP contribution in [0.1, 0.15) is 61.3 Å². The monoisotopic (exact) mass is 583 g/mol. The number of unbranched alkanes of at least 4 members (excludes halogenated alkanes) is 1. The second kappa shape index (κ2) is 12.6. The summed E-state index contributed by atoms with van der Waals surface area (Å²) in [5, 5.41) is 17.9. The molecule has 3 heterocycles. The molecular weight excluding hydrogens is 546 g/mol. The number of nitrogens with zero attached hydrogens (tertiary/aromatic N) is 2. The van der Waals surface area contributed by atoms with Crippen molar-refractivity contribution < 1.29 is 27.9 Å². The normalized spacial score (nSPS) is 18.0. The van der Waals surface area contributed by atoms with Crippen molar-refractivity contribution in [3.63, 3.8) is 0 Å². The van der Waals surface area contributed by atoms with Gasteiger partial charge in [0.15, 0.2) is 0 Å². The van der Waals surface area contributed by atoms with Gasteiger partial charge in [-0.25, -0.2) is 18.2 Å². The maximum Gasteiger partial charge on any atom is 0.328 e. The number of benzene rings is 1. The van der Waals surface area contributed by atoms with Gasteiger partial charge >= 0.3 is 5.97 Å². The summed E-state index contributed by atoms with van der Waals surface area (Å²) in [6, 6.07) is 9.74. The first kappa shape index (κ1) is 29.0. The minimum atomic E-state index is -3.72. The number of fused-ring (bicyclic) bond motifs is 1. The zero-order chi connectivity index (χ0) is 29.0. The Morgan fingerprint density at radius 2 is 1.93 bits per heavy atom. The minimum Gasteiger partial charge on any atom is -0.480 e. The lowest BCUT2D eigenvalue weighted by molar-refractivity contribution is -0.143. The molecule has 4 N–H and O–H groups in total. The Balaban J connectivity index is 1.02. The van der Waals surface area contributed by atoms with Crippen LogP contribution in [0.4, 0.5) is 5.82 Å². The average molecular weight is 584 g/mol. The van der Waals surface area contributed by atoms with Crippen molar-refractivity contribution in [1.29, 1.82) is 0 Å². The van der Waals surface area contributed by atoms with Crippen molar-refractivity contribution in [3.05, 3.63) is 53.2 Å². The van der Waals surface area contributed by atoms with E-state index in [1.165, 1.54) is 9.87 Å². The van der Waals surface area contributed by atoms with Gasteiger partial charge in [-0.05, 0) is 80.2 Å². The number of rotatable bonds is 13. The van der Waals surface area contributed by atoms with Crippen LogP contribution in [0.5, 0.6) is 0 Å². The third-order valence-electron chi connectivity index (χ3n) is 7.92. The van der Waals surface area contributed by atoms with Crippen LogP contribution in [0, 0.1) is 5.92 Å². The third kappa shape index (κ3) is 7.23. The van der Waals surface area contributed by atoms with Crippen LogP contribution in [0.2, 0.25) is 0 Å². The zero-order valence-corrected chi connectivity index (χ0v) is 23.8. The molecule has 11 nitrogen and oxygen atoms in total. The molecule has 1 aliphatic carbocycles. The van der Waals surface area contributed by atoms with Crippen LogP contribution in [-0.2, 0) is 37.2 Å². The Morgan fingerprint density at radius 3 is 2.68 bits per heavy atom. The summed E-state index contributed by atoms with van der Waals surface area (Å²) < 4.78 is 27.2. The first-order chi connectivity index (χ1) is 19.7. The Labute approximate surface area is 240 Å². The second-order valence-electron chi connectivity index (χ2n) is 11.1. The van der Waals surface area contributed by atoms with Crippen molar-refractivity contribution in [3.8, 4) is 0 Å². The molecule has 1 saturated heterocycles. The highest BCUT2D eigenvalue weighted by Gasteiger charge is 2.41.